The molecular formula is C31H32N4O4. The van der Waals surface area contributed by atoms with Gasteiger partial charge in [0.05, 0.1) is 11.4 Å². The van der Waals surface area contributed by atoms with Gasteiger partial charge in [-0.1, -0.05) is 49.6 Å². The van der Waals surface area contributed by atoms with Crippen molar-refractivity contribution in [2.45, 2.75) is 69.1 Å². The zero-order chi connectivity index (χ0) is 28.1. The van der Waals surface area contributed by atoms with Crippen LogP contribution in [-0.4, -0.2) is 34.7 Å². The van der Waals surface area contributed by atoms with E-state index in [1.807, 2.05) is 76.2 Å². The first kappa shape index (κ1) is 25.1. The lowest BCUT2D eigenvalue weighted by Gasteiger charge is -2.46. The normalized spacial score (nSPS) is 26.2. The van der Waals surface area contributed by atoms with Gasteiger partial charge in [0.1, 0.15) is 0 Å². The average molecular weight is 525 g/mol. The second kappa shape index (κ2) is 7.68. The first-order valence-corrected chi connectivity index (χ1v) is 13.1. The molecule has 4 aliphatic heterocycles. The number of fused-ring (bicyclic) bond motifs is 4. The summed E-state index contributed by atoms with van der Waals surface area (Å²) in [6.07, 6.45) is 0.833. The molecule has 2 N–H and O–H groups in total. The largest absolute Gasteiger partial charge is 0.334 e. The van der Waals surface area contributed by atoms with Crippen molar-refractivity contribution < 1.29 is 19.2 Å². The van der Waals surface area contributed by atoms with Gasteiger partial charge in [-0.3, -0.25) is 19.2 Å². The van der Waals surface area contributed by atoms with E-state index in [9.17, 15) is 19.2 Å². The lowest BCUT2D eigenvalue weighted by molar-refractivity contribution is -0.128. The summed E-state index contributed by atoms with van der Waals surface area (Å²) < 4.78 is 0. The van der Waals surface area contributed by atoms with Gasteiger partial charge in [0.2, 0.25) is 11.8 Å². The molecule has 2 atom stereocenters. The fraction of sp³-hybridized carbons (Fsp3) is 0.355. The van der Waals surface area contributed by atoms with Crippen molar-refractivity contribution in [2.24, 2.45) is 0 Å². The molecule has 0 aliphatic carbocycles. The third kappa shape index (κ3) is 3.17. The number of para-hydroxylation sites is 2. The van der Waals surface area contributed by atoms with Crippen LogP contribution in [0.3, 0.4) is 0 Å². The highest BCUT2D eigenvalue weighted by atomic mass is 16.2. The molecule has 2 spiro atoms. The predicted octanol–water partition coefficient (Wildman–Crippen LogP) is 3.57. The van der Waals surface area contributed by atoms with E-state index in [0.29, 0.717) is 17.6 Å². The van der Waals surface area contributed by atoms with Crippen molar-refractivity contribution in [3.8, 4) is 0 Å². The molecule has 4 heterocycles. The molecule has 200 valence electrons. The predicted molar refractivity (Wildman–Crippen MR) is 148 cm³/mol. The minimum atomic E-state index is -1.18. The van der Waals surface area contributed by atoms with Gasteiger partial charge in [-0.15, -0.1) is 0 Å². The van der Waals surface area contributed by atoms with Crippen LogP contribution in [0.5, 0.6) is 0 Å². The van der Waals surface area contributed by atoms with Crippen LogP contribution in [0, 0.1) is 0 Å². The molecule has 2 aromatic rings. The summed E-state index contributed by atoms with van der Waals surface area (Å²) >= 11 is 0. The van der Waals surface area contributed by atoms with E-state index < -0.39 is 22.2 Å². The summed E-state index contributed by atoms with van der Waals surface area (Å²) in [6, 6.07) is 15.0. The molecule has 2 aromatic carbocycles. The zero-order valence-corrected chi connectivity index (χ0v) is 22.7. The van der Waals surface area contributed by atoms with Gasteiger partial charge < -0.3 is 20.4 Å². The molecule has 4 aliphatic rings. The summed E-state index contributed by atoms with van der Waals surface area (Å²) in [5.74, 6) is -1.05. The summed E-state index contributed by atoms with van der Waals surface area (Å²) in [7, 11) is 0. The van der Waals surface area contributed by atoms with Crippen molar-refractivity contribution in [2.75, 3.05) is 9.80 Å². The monoisotopic (exact) mass is 524 g/mol. The van der Waals surface area contributed by atoms with Gasteiger partial charge in [0.25, 0.3) is 11.8 Å². The lowest BCUT2D eigenvalue weighted by atomic mass is 9.83. The Bertz CT molecular complexity index is 1390. The molecule has 6 rings (SSSR count). The Kier molecular flexibility index (Phi) is 4.94. The fourth-order valence-corrected chi connectivity index (χ4v) is 7.35. The number of benzene rings is 2. The van der Waals surface area contributed by atoms with Crippen molar-refractivity contribution >= 4 is 35.0 Å². The Morgan fingerprint density at radius 1 is 0.692 bits per heavy atom. The second-order valence-electron chi connectivity index (χ2n) is 12.4. The first-order chi connectivity index (χ1) is 18.3. The Hall–Kier alpha value is -4.20. The maximum atomic E-state index is 14.2. The van der Waals surface area contributed by atoms with Gasteiger partial charge in [-0.05, 0) is 46.2 Å². The van der Waals surface area contributed by atoms with E-state index in [2.05, 4.69) is 23.8 Å². The molecule has 39 heavy (non-hydrogen) atoms. The summed E-state index contributed by atoms with van der Waals surface area (Å²) in [4.78, 5) is 57.0. The number of nitrogens with zero attached hydrogens (tertiary/aromatic N) is 2. The van der Waals surface area contributed by atoms with Crippen LogP contribution in [0.1, 0.15) is 58.1 Å². The Morgan fingerprint density at radius 2 is 1.05 bits per heavy atom. The van der Waals surface area contributed by atoms with Crippen LogP contribution < -0.4 is 20.4 Å². The molecule has 4 amide bonds. The Morgan fingerprint density at radius 3 is 1.38 bits per heavy atom. The van der Waals surface area contributed by atoms with Crippen molar-refractivity contribution in [3.05, 3.63) is 84.0 Å². The maximum absolute atomic E-state index is 14.2. The quantitative estimate of drug-likeness (QED) is 0.598. The molecular weight excluding hydrogens is 492 g/mol. The van der Waals surface area contributed by atoms with E-state index in [-0.39, 0.29) is 36.5 Å². The van der Waals surface area contributed by atoms with Crippen LogP contribution in [-0.2, 0) is 30.3 Å². The molecule has 0 aromatic heterocycles. The van der Waals surface area contributed by atoms with Crippen LogP contribution in [0.4, 0.5) is 11.4 Å². The Balaban J connectivity index is 1.39. The smallest absolute Gasteiger partial charge is 0.258 e. The molecule has 0 saturated carbocycles. The van der Waals surface area contributed by atoms with Crippen molar-refractivity contribution in [1.82, 2.24) is 10.6 Å². The van der Waals surface area contributed by atoms with E-state index >= 15 is 0 Å². The van der Waals surface area contributed by atoms with E-state index in [0.717, 1.165) is 22.5 Å². The van der Waals surface area contributed by atoms with E-state index in [4.69, 9.17) is 0 Å². The third-order valence-corrected chi connectivity index (χ3v) is 8.67. The van der Waals surface area contributed by atoms with Crippen molar-refractivity contribution in [1.29, 1.82) is 0 Å². The minimum Gasteiger partial charge on any atom is -0.334 e. The maximum Gasteiger partial charge on any atom is 0.258 e. The molecule has 0 bridgehead atoms. The number of carbonyl (C=O) groups is 4. The number of anilines is 2. The molecule has 2 fully saturated rings. The SMILES string of the molecule is C=C1CC2(NC1=O)C(=O)N(C(C)(C)CC(C)(C)N1C(=O)C3(CC(=C)C(=O)N3)c3ccccc31)c1ccccc12. The highest BCUT2D eigenvalue weighted by Crippen LogP contribution is 2.53. The highest BCUT2D eigenvalue weighted by Gasteiger charge is 2.61. The van der Waals surface area contributed by atoms with E-state index in [1.165, 1.54) is 0 Å². The standard InChI is InChI=1S/C31H32N4O4/c1-18-15-30(32-24(18)36)20-11-7-9-13-22(20)34(26(30)38)28(3,4)17-29(5,6)35-23-14-10-8-12-21(23)31(27(35)39)16-19(2)25(37)33-31/h7-14H,1-2,15-17H2,3-6H3,(H,32,36)(H,33,37). The van der Waals surface area contributed by atoms with Gasteiger partial charge in [-0.2, -0.15) is 0 Å². The first-order valence-electron chi connectivity index (χ1n) is 13.1. The Labute approximate surface area is 227 Å². The summed E-state index contributed by atoms with van der Waals surface area (Å²) in [5, 5.41) is 5.85. The van der Waals surface area contributed by atoms with Crippen LogP contribution in [0.15, 0.2) is 72.8 Å². The van der Waals surface area contributed by atoms with Gasteiger partial charge >= 0.3 is 0 Å². The second-order valence-corrected chi connectivity index (χ2v) is 12.4. The number of nitrogens with one attached hydrogen (secondary N) is 2. The van der Waals surface area contributed by atoms with E-state index in [1.54, 1.807) is 9.80 Å². The minimum absolute atomic E-state index is 0.208. The van der Waals surface area contributed by atoms with Gasteiger partial charge in [0.15, 0.2) is 11.1 Å². The van der Waals surface area contributed by atoms with Gasteiger partial charge in [-0.25, -0.2) is 0 Å². The van der Waals surface area contributed by atoms with Gasteiger partial charge in [0, 0.05) is 46.2 Å². The molecule has 8 heteroatoms. The molecule has 0 radical (unpaired) electrons. The average Bonchev–Trinajstić information content (AvgIpc) is 3.49. The number of carbonyl (C=O) groups excluding carboxylic acids is 4. The number of hydrogen-bond donors (Lipinski definition) is 2. The van der Waals surface area contributed by atoms with Crippen LogP contribution in [0.25, 0.3) is 0 Å². The number of amides is 4. The molecule has 2 unspecified atom stereocenters. The number of hydrogen-bond acceptors (Lipinski definition) is 4. The topological polar surface area (TPSA) is 98.8 Å². The van der Waals surface area contributed by atoms with Crippen LogP contribution >= 0.6 is 0 Å². The lowest BCUT2D eigenvalue weighted by Crippen LogP contribution is -2.60. The highest BCUT2D eigenvalue weighted by molar-refractivity contribution is 6.16. The fourth-order valence-electron chi connectivity index (χ4n) is 7.35. The zero-order valence-electron chi connectivity index (χ0n) is 22.7. The molecule has 2 saturated heterocycles. The number of rotatable bonds is 4. The summed E-state index contributed by atoms with van der Waals surface area (Å²) in [5.41, 5.74) is -0.148. The molecule has 8 nitrogen and oxygen atoms in total. The van der Waals surface area contributed by atoms with Crippen molar-refractivity contribution in [3.63, 3.8) is 0 Å². The van der Waals surface area contributed by atoms with Crippen LogP contribution in [0.2, 0.25) is 0 Å². The third-order valence-electron chi connectivity index (χ3n) is 8.67. The summed E-state index contributed by atoms with van der Waals surface area (Å²) in [6.45, 7) is 15.7.